The molecule has 4 nitrogen and oxygen atoms in total. The smallest absolute Gasteiger partial charge is 0.191 e. The van der Waals surface area contributed by atoms with Gasteiger partial charge in [0.15, 0.2) is 5.16 Å². The number of nitrogens with two attached hydrogens (primary N) is 1. The highest BCUT2D eigenvalue weighted by Gasteiger charge is 2.13. The molecule has 15 heavy (non-hydrogen) atoms. The summed E-state index contributed by atoms with van der Waals surface area (Å²) in [5, 5.41) is 9.28. The lowest BCUT2D eigenvalue weighted by atomic mass is 10.4. The molecule has 0 bridgehead atoms. The Bertz CT molecular complexity index is 296. The van der Waals surface area contributed by atoms with Crippen molar-refractivity contribution in [1.29, 1.82) is 0 Å². The van der Waals surface area contributed by atoms with E-state index in [1.807, 2.05) is 0 Å². The third-order valence-corrected chi connectivity index (χ3v) is 3.19. The molecule has 0 saturated carbocycles. The van der Waals surface area contributed by atoms with Gasteiger partial charge in [-0.05, 0) is 20.3 Å². The molecule has 0 aliphatic carbocycles. The second-order valence-electron chi connectivity index (χ2n) is 3.77. The zero-order chi connectivity index (χ0) is 11.3. The maximum atomic E-state index is 5.62. The first-order chi connectivity index (χ1) is 7.20. The van der Waals surface area contributed by atoms with Gasteiger partial charge in [0, 0.05) is 11.8 Å². The summed E-state index contributed by atoms with van der Waals surface area (Å²) in [7, 11) is 0. The molecule has 1 rings (SSSR count). The number of nitrogens with zero attached hydrogens (tertiary/aromatic N) is 3. The van der Waals surface area contributed by atoms with Gasteiger partial charge in [-0.25, -0.2) is 0 Å². The van der Waals surface area contributed by atoms with Crippen LogP contribution in [0.1, 0.15) is 45.5 Å². The maximum Gasteiger partial charge on any atom is 0.191 e. The average molecular weight is 228 g/mol. The minimum atomic E-state index is 0.377. The topological polar surface area (TPSA) is 56.7 Å². The van der Waals surface area contributed by atoms with E-state index in [9.17, 15) is 0 Å². The van der Waals surface area contributed by atoms with E-state index < -0.39 is 0 Å². The molecule has 1 aromatic rings. The van der Waals surface area contributed by atoms with Crippen LogP contribution in [-0.2, 0) is 6.54 Å². The second kappa shape index (κ2) is 6.12. The summed E-state index contributed by atoms with van der Waals surface area (Å²) in [5.74, 6) is 1.98. The van der Waals surface area contributed by atoms with Gasteiger partial charge in [0.1, 0.15) is 5.82 Å². The van der Waals surface area contributed by atoms with Crippen LogP contribution in [-0.4, -0.2) is 20.5 Å². The van der Waals surface area contributed by atoms with Gasteiger partial charge in [-0.3, -0.25) is 0 Å². The number of hydrogen-bond donors (Lipinski definition) is 1. The van der Waals surface area contributed by atoms with Crippen molar-refractivity contribution in [1.82, 2.24) is 14.8 Å². The fourth-order valence-corrected chi connectivity index (χ4v) is 2.54. The van der Waals surface area contributed by atoms with Crippen molar-refractivity contribution in [2.75, 3.05) is 5.75 Å². The van der Waals surface area contributed by atoms with Crippen LogP contribution in [0.25, 0.3) is 0 Å². The van der Waals surface area contributed by atoms with Crippen LogP contribution >= 0.6 is 11.8 Å². The molecule has 0 aliphatic rings. The Hall–Kier alpha value is -0.550. The molecular formula is C10H20N4S. The lowest BCUT2D eigenvalue weighted by molar-refractivity contribution is 0.526. The molecule has 1 heterocycles. The van der Waals surface area contributed by atoms with Gasteiger partial charge in [-0.1, -0.05) is 25.1 Å². The van der Waals surface area contributed by atoms with Gasteiger partial charge in [-0.2, -0.15) is 0 Å². The average Bonchev–Trinajstić information content (AvgIpc) is 2.61. The Labute approximate surface area is 95.6 Å². The lowest BCUT2D eigenvalue weighted by Crippen LogP contribution is -2.11. The summed E-state index contributed by atoms with van der Waals surface area (Å²) in [6, 6.07) is 0.377. The van der Waals surface area contributed by atoms with Crippen molar-refractivity contribution >= 4 is 11.8 Å². The van der Waals surface area contributed by atoms with Gasteiger partial charge < -0.3 is 10.3 Å². The Morgan fingerprint density at radius 2 is 2.13 bits per heavy atom. The fourth-order valence-electron chi connectivity index (χ4n) is 1.37. The highest BCUT2D eigenvalue weighted by molar-refractivity contribution is 7.99. The highest BCUT2D eigenvalue weighted by atomic mass is 32.2. The van der Waals surface area contributed by atoms with Gasteiger partial charge in [0.05, 0.1) is 6.54 Å². The van der Waals surface area contributed by atoms with Gasteiger partial charge >= 0.3 is 0 Å². The summed E-state index contributed by atoms with van der Waals surface area (Å²) in [6.07, 6.45) is 2.43. The number of thioether (sulfide) groups is 1. The number of aromatic nitrogens is 3. The van der Waals surface area contributed by atoms with E-state index in [2.05, 4.69) is 35.5 Å². The zero-order valence-corrected chi connectivity index (χ0v) is 10.5. The van der Waals surface area contributed by atoms with E-state index in [-0.39, 0.29) is 0 Å². The first kappa shape index (κ1) is 12.5. The molecule has 0 fully saturated rings. The van der Waals surface area contributed by atoms with Crippen molar-refractivity contribution < 1.29 is 0 Å². The first-order valence-corrected chi connectivity index (χ1v) is 6.45. The second-order valence-corrected chi connectivity index (χ2v) is 4.83. The van der Waals surface area contributed by atoms with Crippen LogP contribution < -0.4 is 5.73 Å². The van der Waals surface area contributed by atoms with Crippen molar-refractivity contribution in [3.8, 4) is 0 Å². The minimum absolute atomic E-state index is 0.377. The Balaban J connectivity index is 2.73. The summed E-state index contributed by atoms with van der Waals surface area (Å²) in [5.41, 5.74) is 5.62. The lowest BCUT2D eigenvalue weighted by Gasteiger charge is -2.12. The van der Waals surface area contributed by atoms with Crippen molar-refractivity contribution in [2.45, 2.75) is 51.4 Å². The molecule has 5 heteroatoms. The molecule has 0 unspecified atom stereocenters. The number of unbranched alkanes of at least 4 members (excludes halogenated alkanes) is 1. The molecule has 0 spiro atoms. The predicted octanol–water partition coefficient (Wildman–Crippen LogP) is 2.21. The maximum absolute atomic E-state index is 5.62. The normalized spacial score (nSPS) is 11.3. The van der Waals surface area contributed by atoms with E-state index in [1.54, 1.807) is 11.8 Å². The molecule has 0 atom stereocenters. The molecule has 0 amide bonds. The van der Waals surface area contributed by atoms with Gasteiger partial charge in [0.2, 0.25) is 0 Å². The molecule has 0 aliphatic heterocycles. The third kappa shape index (κ3) is 3.21. The zero-order valence-electron chi connectivity index (χ0n) is 9.73. The summed E-state index contributed by atoms with van der Waals surface area (Å²) in [6.45, 7) is 6.91. The summed E-state index contributed by atoms with van der Waals surface area (Å²) >= 11 is 1.77. The molecule has 0 aromatic carbocycles. The standard InChI is InChI=1S/C10H20N4S/c1-4-5-6-15-10-13-12-9(7-11)14(10)8(2)3/h8H,4-7,11H2,1-3H3. The van der Waals surface area contributed by atoms with Crippen molar-refractivity contribution in [2.24, 2.45) is 5.73 Å². The molecule has 86 valence electrons. The van der Waals surface area contributed by atoms with E-state index in [0.717, 1.165) is 16.7 Å². The quantitative estimate of drug-likeness (QED) is 0.599. The molecule has 2 N–H and O–H groups in total. The van der Waals surface area contributed by atoms with E-state index in [1.165, 1.54) is 12.8 Å². The summed E-state index contributed by atoms with van der Waals surface area (Å²) in [4.78, 5) is 0. The Kier molecular flexibility index (Phi) is 5.11. The largest absolute Gasteiger partial charge is 0.324 e. The van der Waals surface area contributed by atoms with Crippen LogP contribution in [0.15, 0.2) is 5.16 Å². The highest BCUT2D eigenvalue weighted by Crippen LogP contribution is 2.22. The third-order valence-electron chi connectivity index (χ3n) is 2.16. The number of rotatable bonds is 6. The van der Waals surface area contributed by atoms with Gasteiger partial charge in [0.25, 0.3) is 0 Å². The minimum Gasteiger partial charge on any atom is -0.324 e. The van der Waals surface area contributed by atoms with Crippen molar-refractivity contribution in [3.05, 3.63) is 5.82 Å². The Morgan fingerprint density at radius 3 is 2.67 bits per heavy atom. The predicted molar refractivity (Wildman–Crippen MR) is 63.9 cm³/mol. The number of hydrogen-bond acceptors (Lipinski definition) is 4. The summed E-state index contributed by atoms with van der Waals surface area (Å²) < 4.78 is 2.13. The Morgan fingerprint density at radius 1 is 1.40 bits per heavy atom. The van der Waals surface area contributed by atoms with Crippen LogP contribution in [0.3, 0.4) is 0 Å². The SMILES string of the molecule is CCCCSc1nnc(CN)n1C(C)C. The van der Waals surface area contributed by atoms with Crippen LogP contribution in [0, 0.1) is 0 Å². The van der Waals surface area contributed by atoms with Crippen LogP contribution in [0.2, 0.25) is 0 Å². The monoisotopic (exact) mass is 228 g/mol. The molecule has 0 saturated heterocycles. The fraction of sp³-hybridized carbons (Fsp3) is 0.800. The van der Waals surface area contributed by atoms with Crippen molar-refractivity contribution in [3.63, 3.8) is 0 Å². The van der Waals surface area contributed by atoms with E-state index >= 15 is 0 Å². The van der Waals surface area contributed by atoms with E-state index in [0.29, 0.717) is 12.6 Å². The molecule has 1 aromatic heterocycles. The molecular weight excluding hydrogens is 208 g/mol. The van der Waals surface area contributed by atoms with E-state index in [4.69, 9.17) is 5.73 Å². The van der Waals surface area contributed by atoms with Gasteiger partial charge in [-0.15, -0.1) is 10.2 Å². The first-order valence-electron chi connectivity index (χ1n) is 5.47. The van der Waals surface area contributed by atoms with Crippen LogP contribution in [0.4, 0.5) is 0 Å². The molecule has 0 radical (unpaired) electrons. The van der Waals surface area contributed by atoms with Crippen LogP contribution in [0.5, 0.6) is 0 Å².